The Morgan fingerprint density at radius 2 is 0.589 bits per heavy atom. The molecule has 0 spiro atoms. The monoisotopic (exact) mass is 793 g/mol. The lowest BCUT2D eigenvalue weighted by Crippen LogP contribution is -2.30. The summed E-state index contributed by atoms with van der Waals surface area (Å²) in [4.78, 5) is 37.6. The maximum Gasteiger partial charge on any atom is 0.306 e. The van der Waals surface area contributed by atoms with Crippen molar-refractivity contribution in [1.82, 2.24) is 0 Å². The highest BCUT2D eigenvalue weighted by Gasteiger charge is 2.19. The van der Waals surface area contributed by atoms with Gasteiger partial charge < -0.3 is 14.2 Å². The molecule has 1 atom stereocenters. The molecule has 0 saturated carbocycles. The third-order valence-corrected chi connectivity index (χ3v) is 11.3. The Kier molecular flexibility index (Phi) is 43.2. The molecule has 0 N–H and O–H groups in total. The van der Waals surface area contributed by atoms with E-state index in [0.717, 1.165) is 70.1 Å². The van der Waals surface area contributed by atoms with Crippen molar-refractivity contribution in [3.05, 3.63) is 0 Å². The van der Waals surface area contributed by atoms with Gasteiger partial charge in [0.15, 0.2) is 6.10 Å². The topological polar surface area (TPSA) is 78.9 Å². The normalized spacial score (nSPS) is 11.9. The minimum Gasteiger partial charge on any atom is -0.462 e. The van der Waals surface area contributed by atoms with E-state index in [1.807, 2.05) is 0 Å². The first-order valence-corrected chi connectivity index (χ1v) is 24.9. The smallest absolute Gasteiger partial charge is 0.306 e. The van der Waals surface area contributed by atoms with Gasteiger partial charge in [-0.25, -0.2) is 0 Å². The fourth-order valence-electron chi connectivity index (χ4n) is 7.51. The van der Waals surface area contributed by atoms with Gasteiger partial charge in [-0.05, 0) is 25.2 Å². The van der Waals surface area contributed by atoms with Gasteiger partial charge in [-0.3, -0.25) is 14.4 Å². The highest BCUT2D eigenvalue weighted by Crippen LogP contribution is 2.17. The highest BCUT2D eigenvalue weighted by molar-refractivity contribution is 5.71. The van der Waals surface area contributed by atoms with Crippen LogP contribution < -0.4 is 0 Å². The third kappa shape index (κ3) is 43.5. The number of esters is 3. The molecule has 6 nitrogen and oxygen atoms in total. The van der Waals surface area contributed by atoms with Crippen LogP contribution in [0.3, 0.4) is 0 Å². The zero-order valence-corrected chi connectivity index (χ0v) is 38.1. The van der Waals surface area contributed by atoms with Crippen molar-refractivity contribution in [2.75, 3.05) is 13.2 Å². The average Bonchev–Trinajstić information content (AvgIpc) is 3.18. The molecule has 0 aromatic heterocycles. The first-order valence-electron chi connectivity index (χ1n) is 24.9. The SMILES string of the molecule is CCCCCCCCCCCCCCCCCCCCC(=O)OC[C@@H](COC(=O)CCCCCCC)OC(=O)CCCCCCCCCCCCCCC(C)C. The minimum atomic E-state index is -0.758. The number of hydrogen-bond donors (Lipinski definition) is 0. The molecule has 56 heavy (non-hydrogen) atoms. The van der Waals surface area contributed by atoms with Gasteiger partial charge >= 0.3 is 17.9 Å². The lowest BCUT2D eigenvalue weighted by atomic mass is 10.0. The molecule has 0 aromatic carbocycles. The second-order valence-corrected chi connectivity index (χ2v) is 17.6. The molecule has 0 aromatic rings. The van der Waals surface area contributed by atoms with E-state index in [0.29, 0.717) is 19.3 Å². The van der Waals surface area contributed by atoms with Gasteiger partial charge in [-0.2, -0.15) is 0 Å². The van der Waals surface area contributed by atoms with Crippen molar-refractivity contribution in [3.63, 3.8) is 0 Å². The van der Waals surface area contributed by atoms with Gasteiger partial charge in [0.2, 0.25) is 0 Å². The van der Waals surface area contributed by atoms with Crippen LogP contribution in [-0.2, 0) is 28.6 Å². The summed E-state index contributed by atoms with van der Waals surface area (Å²) in [5.41, 5.74) is 0. The Balaban J connectivity index is 4.11. The van der Waals surface area contributed by atoms with Crippen molar-refractivity contribution < 1.29 is 28.6 Å². The summed E-state index contributed by atoms with van der Waals surface area (Å²) in [5, 5.41) is 0. The summed E-state index contributed by atoms with van der Waals surface area (Å²) in [6.07, 6.45) is 45.5. The average molecular weight is 793 g/mol. The van der Waals surface area contributed by atoms with E-state index >= 15 is 0 Å². The molecular formula is C50H96O6. The molecule has 0 bridgehead atoms. The van der Waals surface area contributed by atoms with Crippen LogP contribution in [0.5, 0.6) is 0 Å². The Bertz CT molecular complexity index is 841. The van der Waals surface area contributed by atoms with Crippen molar-refractivity contribution in [2.45, 2.75) is 284 Å². The van der Waals surface area contributed by atoms with E-state index in [9.17, 15) is 14.4 Å². The van der Waals surface area contributed by atoms with Crippen LogP contribution in [0.2, 0.25) is 0 Å². The van der Waals surface area contributed by atoms with E-state index in [2.05, 4.69) is 27.7 Å². The van der Waals surface area contributed by atoms with Gasteiger partial charge in [-0.15, -0.1) is 0 Å². The van der Waals surface area contributed by atoms with Gasteiger partial charge in [0.05, 0.1) is 0 Å². The van der Waals surface area contributed by atoms with Crippen molar-refractivity contribution in [3.8, 4) is 0 Å². The minimum absolute atomic E-state index is 0.0641. The molecule has 0 fully saturated rings. The van der Waals surface area contributed by atoms with Crippen molar-refractivity contribution >= 4 is 17.9 Å². The Morgan fingerprint density at radius 3 is 0.875 bits per heavy atom. The van der Waals surface area contributed by atoms with E-state index < -0.39 is 6.10 Å². The predicted octanol–water partition coefficient (Wildman–Crippen LogP) is 15.9. The van der Waals surface area contributed by atoms with Gasteiger partial charge in [0.25, 0.3) is 0 Å². The van der Waals surface area contributed by atoms with Gasteiger partial charge in [0, 0.05) is 19.3 Å². The molecule has 0 amide bonds. The standard InChI is InChI=1S/C50H96O6/c1-5-7-9-11-12-13-14-15-16-17-18-19-20-24-27-30-34-38-42-49(52)55-45-47(44-54-48(51)41-37-32-10-8-6-2)56-50(53)43-39-35-31-28-25-22-21-23-26-29-33-36-40-46(3)4/h46-47H,5-45H2,1-4H3/t47-/m1/s1. The van der Waals surface area contributed by atoms with Crippen LogP contribution in [0.1, 0.15) is 278 Å². The van der Waals surface area contributed by atoms with Gasteiger partial charge in [-0.1, -0.05) is 240 Å². The third-order valence-electron chi connectivity index (χ3n) is 11.3. The van der Waals surface area contributed by atoms with E-state index in [1.165, 1.54) is 167 Å². The van der Waals surface area contributed by atoms with Crippen LogP contribution >= 0.6 is 0 Å². The lowest BCUT2D eigenvalue weighted by Gasteiger charge is -2.18. The fourth-order valence-corrected chi connectivity index (χ4v) is 7.51. The molecule has 0 radical (unpaired) electrons. The van der Waals surface area contributed by atoms with Crippen molar-refractivity contribution in [2.24, 2.45) is 5.92 Å². The molecule has 0 aliphatic heterocycles. The van der Waals surface area contributed by atoms with Crippen LogP contribution in [0.4, 0.5) is 0 Å². The largest absolute Gasteiger partial charge is 0.462 e. The van der Waals surface area contributed by atoms with Crippen LogP contribution in [0.25, 0.3) is 0 Å². The molecule has 0 heterocycles. The second kappa shape index (κ2) is 44.5. The summed E-state index contributed by atoms with van der Waals surface area (Å²) in [5.74, 6) is -0.0302. The molecule has 0 rings (SSSR count). The molecule has 6 heteroatoms. The Labute approximate surface area is 348 Å². The van der Waals surface area contributed by atoms with E-state index in [4.69, 9.17) is 14.2 Å². The maximum atomic E-state index is 12.7. The Morgan fingerprint density at radius 1 is 0.339 bits per heavy atom. The second-order valence-electron chi connectivity index (χ2n) is 17.6. The predicted molar refractivity (Wildman–Crippen MR) is 238 cm³/mol. The first-order chi connectivity index (χ1) is 27.4. The summed E-state index contributed by atoms with van der Waals surface area (Å²) < 4.78 is 16.7. The molecule has 0 aliphatic carbocycles. The molecular weight excluding hydrogens is 697 g/mol. The highest BCUT2D eigenvalue weighted by atomic mass is 16.6. The summed E-state index contributed by atoms with van der Waals surface area (Å²) in [7, 11) is 0. The summed E-state index contributed by atoms with van der Waals surface area (Å²) in [6, 6.07) is 0. The number of carbonyl (C=O) groups excluding carboxylic acids is 3. The van der Waals surface area contributed by atoms with Crippen LogP contribution in [0, 0.1) is 5.92 Å². The molecule has 332 valence electrons. The number of rotatable bonds is 45. The first kappa shape index (κ1) is 54.4. The Hall–Kier alpha value is -1.59. The lowest BCUT2D eigenvalue weighted by molar-refractivity contribution is -0.167. The quantitative estimate of drug-likeness (QED) is 0.0347. The molecule has 0 saturated heterocycles. The van der Waals surface area contributed by atoms with Gasteiger partial charge in [0.1, 0.15) is 13.2 Å². The summed E-state index contributed by atoms with van der Waals surface area (Å²) in [6.45, 7) is 8.94. The van der Waals surface area contributed by atoms with Crippen LogP contribution in [-0.4, -0.2) is 37.2 Å². The number of carbonyl (C=O) groups is 3. The fraction of sp³-hybridized carbons (Fsp3) is 0.940. The number of hydrogen-bond acceptors (Lipinski definition) is 6. The van der Waals surface area contributed by atoms with Crippen molar-refractivity contribution in [1.29, 1.82) is 0 Å². The van der Waals surface area contributed by atoms with Crippen LogP contribution in [0.15, 0.2) is 0 Å². The summed E-state index contributed by atoms with van der Waals surface area (Å²) >= 11 is 0. The molecule has 0 unspecified atom stereocenters. The maximum absolute atomic E-state index is 12.7. The number of ether oxygens (including phenoxy) is 3. The van der Waals surface area contributed by atoms with E-state index in [1.54, 1.807) is 0 Å². The number of unbranched alkanes of at least 4 members (excludes halogenated alkanes) is 32. The molecule has 0 aliphatic rings. The zero-order valence-electron chi connectivity index (χ0n) is 38.1. The van der Waals surface area contributed by atoms with E-state index in [-0.39, 0.29) is 31.1 Å². The zero-order chi connectivity index (χ0) is 41.0.